The number of alkyl carbamates (subject to hydrolysis) is 1. The molecule has 0 saturated carbocycles. The van der Waals surface area contributed by atoms with Crippen LogP contribution in [-0.2, 0) is 48.7 Å². The van der Waals surface area contributed by atoms with E-state index >= 15 is 0 Å². The number of Topliss-reactive ketones (excluding diaryl/α,β-unsaturated/α-hetero) is 1. The Labute approximate surface area is 347 Å². The molecular formula is C44H46N2O12P2. The summed E-state index contributed by atoms with van der Waals surface area (Å²) in [6.07, 6.45) is -1.61. The van der Waals surface area contributed by atoms with Crippen LogP contribution in [0.2, 0.25) is 0 Å². The lowest BCUT2D eigenvalue weighted by atomic mass is 10.0. The summed E-state index contributed by atoms with van der Waals surface area (Å²) >= 11 is 0. The average molecular weight is 857 g/mol. The molecular weight excluding hydrogens is 810 g/mol. The highest BCUT2D eigenvalue weighted by molar-refractivity contribution is 7.74. The molecule has 0 spiro atoms. The van der Waals surface area contributed by atoms with Crippen LogP contribution < -0.4 is 31.9 Å². The van der Waals surface area contributed by atoms with Crippen LogP contribution in [0.3, 0.4) is 0 Å². The predicted octanol–water partition coefficient (Wildman–Crippen LogP) is 5.43. The number of hydrogen-bond acceptors (Lipinski definition) is 10. The first-order valence-electron chi connectivity index (χ1n) is 18.7. The second-order valence-electron chi connectivity index (χ2n) is 13.5. The molecule has 4 N–H and O–H groups in total. The van der Waals surface area contributed by atoms with Gasteiger partial charge in [-0.1, -0.05) is 117 Å². The molecule has 16 heteroatoms. The molecule has 0 aliphatic heterocycles. The molecule has 0 saturated heterocycles. The second kappa shape index (κ2) is 22.8. The van der Waals surface area contributed by atoms with Gasteiger partial charge in [-0.2, -0.15) is 0 Å². The number of nitrogens with one attached hydrogen (secondary N) is 2. The van der Waals surface area contributed by atoms with E-state index < -0.39 is 76.2 Å². The Bertz CT molecular complexity index is 2070. The number of carboxylic acid groups (broad SMARTS) is 2. The van der Waals surface area contributed by atoms with Crippen LogP contribution in [0.5, 0.6) is 0 Å². The minimum absolute atomic E-state index is 0.00979. The number of benzene rings is 5. The molecule has 0 unspecified atom stereocenters. The van der Waals surface area contributed by atoms with Crippen molar-refractivity contribution in [3.05, 3.63) is 157 Å². The third-order valence-electron chi connectivity index (χ3n) is 8.63. The summed E-state index contributed by atoms with van der Waals surface area (Å²) < 4.78 is 44.4. The highest BCUT2D eigenvalue weighted by atomic mass is 31.2. The van der Waals surface area contributed by atoms with Gasteiger partial charge in [-0.3, -0.25) is 23.5 Å². The number of aliphatic carboxylic acids is 2. The molecule has 0 radical (unpaired) electrons. The summed E-state index contributed by atoms with van der Waals surface area (Å²) in [4.78, 5) is 58.7. The van der Waals surface area contributed by atoms with Crippen molar-refractivity contribution in [2.45, 2.75) is 39.0 Å². The average Bonchev–Trinajstić information content (AvgIpc) is 3.27. The van der Waals surface area contributed by atoms with E-state index in [-0.39, 0.29) is 12.5 Å². The molecule has 5 rings (SSSR count). The Kier molecular flexibility index (Phi) is 17.7. The number of ether oxygens (including phenoxy) is 1. The van der Waals surface area contributed by atoms with Gasteiger partial charge < -0.3 is 34.6 Å². The quantitative estimate of drug-likeness (QED) is 0.0767. The monoisotopic (exact) mass is 856 g/mol. The van der Waals surface area contributed by atoms with Gasteiger partial charge in [0, 0.05) is 21.2 Å². The zero-order valence-electron chi connectivity index (χ0n) is 32.9. The molecule has 2 atom stereocenters. The van der Waals surface area contributed by atoms with Crippen molar-refractivity contribution in [3.8, 4) is 0 Å². The minimum atomic E-state index is -3.50. The maximum absolute atomic E-state index is 13.9. The van der Waals surface area contributed by atoms with Crippen molar-refractivity contribution in [2.75, 3.05) is 13.2 Å². The fourth-order valence-corrected chi connectivity index (χ4v) is 9.63. The van der Waals surface area contributed by atoms with E-state index in [1.165, 1.54) is 0 Å². The van der Waals surface area contributed by atoms with E-state index in [0.717, 1.165) is 5.56 Å². The topological polar surface area (TPSA) is 212 Å². The van der Waals surface area contributed by atoms with Gasteiger partial charge in [0.1, 0.15) is 31.9 Å². The molecule has 2 amide bonds. The predicted molar refractivity (Wildman–Crippen MR) is 227 cm³/mol. The molecule has 0 aromatic heterocycles. The molecule has 0 heterocycles. The highest BCUT2D eigenvalue weighted by Crippen LogP contribution is 2.46. The van der Waals surface area contributed by atoms with Crippen molar-refractivity contribution in [2.24, 2.45) is 5.92 Å². The number of ketones is 1. The van der Waals surface area contributed by atoms with Gasteiger partial charge >= 0.3 is 18.0 Å². The van der Waals surface area contributed by atoms with Gasteiger partial charge in [-0.05, 0) is 60.0 Å². The van der Waals surface area contributed by atoms with Crippen LogP contribution in [0, 0.1) is 5.92 Å². The van der Waals surface area contributed by atoms with E-state index in [1.54, 1.807) is 135 Å². The molecule has 5 aromatic rings. The van der Waals surface area contributed by atoms with Crippen LogP contribution in [0.1, 0.15) is 25.8 Å². The molecule has 314 valence electrons. The Hall–Kier alpha value is -6.17. The van der Waals surface area contributed by atoms with Gasteiger partial charge in [0.2, 0.25) is 5.91 Å². The van der Waals surface area contributed by atoms with E-state index in [0.29, 0.717) is 21.2 Å². The van der Waals surface area contributed by atoms with Crippen LogP contribution in [0.25, 0.3) is 0 Å². The molecule has 5 aromatic carbocycles. The number of amides is 2. The van der Waals surface area contributed by atoms with Crippen LogP contribution in [-0.4, -0.2) is 65.2 Å². The summed E-state index contributed by atoms with van der Waals surface area (Å²) in [6, 6.07) is 41.5. The molecule has 60 heavy (non-hydrogen) atoms. The number of carboxylic acids is 2. The summed E-state index contributed by atoms with van der Waals surface area (Å²) in [5.41, 5.74) is 0.764. The lowest BCUT2D eigenvalue weighted by molar-refractivity contribution is -0.147. The number of carbonyl (C=O) groups excluding carboxylic acids is 3. The van der Waals surface area contributed by atoms with Crippen molar-refractivity contribution < 1.29 is 57.1 Å². The van der Waals surface area contributed by atoms with Gasteiger partial charge in [0.15, 0.2) is 5.78 Å². The van der Waals surface area contributed by atoms with Gasteiger partial charge in [0.25, 0.3) is 14.7 Å². The molecule has 0 aliphatic rings. The Morgan fingerprint density at radius 2 is 0.933 bits per heavy atom. The van der Waals surface area contributed by atoms with Crippen LogP contribution in [0.4, 0.5) is 4.79 Å². The number of hydrogen-bond donors (Lipinski definition) is 4. The lowest BCUT2D eigenvalue weighted by Gasteiger charge is -2.23. The first kappa shape index (κ1) is 46.5. The lowest BCUT2D eigenvalue weighted by Crippen LogP contribution is -2.54. The summed E-state index contributed by atoms with van der Waals surface area (Å²) in [7, 11) is -7.01. The summed E-state index contributed by atoms with van der Waals surface area (Å²) in [5, 5.41) is 24.2. The second-order valence-corrected chi connectivity index (χ2v) is 18.2. The first-order chi connectivity index (χ1) is 28.7. The Morgan fingerprint density at radius 3 is 1.27 bits per heavy atom. The van der Waals surface area contributed by atoms with Crippen LogP contribution >= 0.6 is 14.7 Å². The third-order valence-corrected chi connectivity index (χ3v) is 13.5. The molecule has 14 nitrogen and oxygen atoms in total. The maximum Gasteiger partial charge on any atom is 0.408 e. The van der Waals surface area contributed by atoms with Crippen molar-refractivity contribution in [3.63, 3.8) is 0 Å². The Morgan fingerprint density at radius 1 is 0.567 bits per heavy atom. The standard InChI is InChI=1S/C27H24O5P2.C17H22N2O7/c28-23(21-31-33(29,24-13-5-1-6-14-24)25-15-7-2-8-16-25)22-32-34(30,26-17-9-3-10-18-26)27-19-11-4-12-20-27;1-10(2)14(15(22)18-12(16(23)24)8-13(20)21)19-17(25)26-9-11-6-4-3-5-7-11/h1-20H,21-22H2;3-7,10,12,14H,8-9H2,1-2H3,(H,18,22)(H,19,25)(H,20,21)(H,23,24)/t;12-,14+/m.1/s1. The molecule has 0 aliphatic carbocycles. The number of carbonyl (C=O) groups is 5. The normalized spacial score (nSPS) is 12.2. The van der Waals surface area contributed by atoms with Crippen molar-refractivity contribution in [1.82, 2.24) is 10.6 Å². The van der Waals surface area contributed by atoms with Crippen LogP contribution in [0.15, 0.2) is 152 Å². The fraction of sp³-hybridized carbons (Fsp3) is 0.205. The summed E-state index contributed by atoms with van der Waals surface area (Å²) in [5.74, 6) is -4.48. The Balaban J connectivity index is 0.000000276. The first-order valence-corrected chi connectivity index (χ1v) is 21.9. The third kappa shape index (κ3) is 13.7. The number of rotatable bonds is 19. The highest BCUT2D eigenvalue weighted by Gasteiger charge is 2.33. The summed E-state index contributed by atoms with van der Waals surface area (Å²) in [6.45, 7) is 2.43. The van der Waals surface area contributed by atoms with Gasteiger partial charge in [-0.15, -0.1) is 0 Å². The fourth-order valence-electron chi connectivity index (χ4n) is 5.52. The SMILES string of the molecule is CC(C)[C@H](NC(=O)OCc1ccccc1)C(=O)N[C@H](CC(=O)O)C(=O)O.O=C(COP(=O)(c1ccccc1)c1ccccc1)COP(=O)(c1ccccc1)c1ccccc1. The molecule has 0 fully saturated rings. The minimum Gasteiger partial charge on any atom is -0.481 e. The van der Waals surface area contributed by atoms with E-state index in [9.17, 15) is 33.1 Å². The van der Waals surface area contributed by atoms with E-state index in [2.05, 4.69) is 10.6 Å². The zero-order valence-corrected chi connectivity index (χ0v) is 34.7. The van der Waals surface area contributed by atoms with Crippen molar-refractivity contribution >= 4 is 65.7 Å². The van der Waals surface area contributed by atoms with E-state index in [4.69, 9.17) is 24.0 Å². The zero-order chi connectivity index (χ0) is 43.5. The van der Waals surface area contributed by atoms with Gasteiger partial charge in [0.05, 0.1) is 6.42 Å². The van der Waals surface area contributed by atoms with E-state index in [1.807, 2.05) is 30.3 Å². The molecule has 0 bridgehead atoms. The maximum atomic E-state index is 13.9. The van der Waals surface area contributed by atoms with Crippen molar-refractivity contribution in [1.29, 1.82) is 0 Å². The van der Waals surface area contributed by atoms with Gasteiger partial charge in [-0.25, -0.2) is 9.59 Å². The largest absolute Gasteiger partial charge is 0.481 e. The smallest absolute Gasteiger partial charge is 0.408 e.